The lowest BCUT2D eigenvalue weighted by atomic mass is 10.0. The number of aryl methyl sites for hydroxylation is 1. The molecule has 2 amide bonds. The van der Waals surface area contributed by atoms with Gasteiger partial charge in [0.1, 0.15) is 6.54 Å². The number of quaternary nitrogens is 1. The molecule has 0 aliphatic carbocycles. The van der Waals surface area contributed by atoms with Crippen LogP contribution in [0.2, 0.25) is 0 Å². The molecular formula is C19H28N3OS+. The van der Waals surface area contributed by atoms with Crippen molar-refractivity contribution >= 4 is 17.4 Å². The second-order valence-electron chi connectivity index (χ2n) is 6.12. The number of thiophene rings is 1. The van der Waals surface area contributed by atoms with Gasteiger partial charge in [-0.15, -0.1) is 0 Å². The first-order valence-electron chi connectivity index (χ1n) is 8.59. The van der Waals surface area contributed by atoms with Crippen LogP contribution in [0.4, 0.5) is 4.79 Å². The average molecular weight is 347 g/mol. The fourth-order valence-electron chi connectivity index (χ4n) is 2.79. The van der Waals surface area contributed by atoms with Gasteiger partial charge in [-0.25, -0.2) is 4.79 Å². The van der Waals surface area contributed by atoms with Crippen molar-refractivity contribution in [3.63, 3.8) is 0 Å². The number of hydrogen-bond donors (Lipinski definition) is 3. The zero-order valence-corrected chi connectivity index (χ0v) is 15.4. The Labute approximate surface area is 148 Å². The highest BCUT2D eigenvalue weighted by Gasteiger charge is 2.08. The van der Waals surface area contributed by atoms with E-state index >= 15 is 0 Å². The predicted octanol–water partition coefficient (Wildman–Crippen LogP) is 2.30. The predicted molar refractivity (Wildman–Crippen MR) is 100 cm³/mol. The van der Waals surface area contributed by atoms with Gasteiger partial charge in [0, 0.05) is 18.2 Å². The van der Waals surface area contributed by atoms with Gasteiger partial charge >= 0.3 is 6.03 Å². The van der Waals surface area contributed by atoms with Gasteiger partial charge in [-0.05, 0) is 54.1 Å². The number of carbonyl (C=O) groups excluding carboxylic acids is 1. The maximum Gasteiger partial charge on any atom is 0.315 e. The number of rotatable bonds is 9. The first kappa shape index (κ1) is 18.5. The smallest absolute Gasteiger partial charge is 0.315 e. The molecule has 130 valence electrons. The van der Waals surface area contributed by atoms with Crippen molar-refractivity contribution in [3.05, 3.63) is 57.8 Å². The molecule has 0 saturated carbocycles. The summed E-state index contributed by atoms with van der Waals surface area (Å²) >= 11 is 1.69. The largest absolute Gasteiger partial charge is 0.345 e. The second-order valence-corrected chi connectivity index (χ2v) is 6.90. The molecule has 1 aromatic carbocycles. The van der Waals surface area contributed by atoms with Gasteiger partial charge in [0.15, 0.2) is 0 Å². The third kappa shape index (κ3) is 6.34. The number of carbonyl (C=O) groups is 1. The monoisotopic (exact) mass is 346 g/mol. The third-order valence-electron chi connectivity index (χ3n) is 3.95. The molecule has 2 rings (SSSR count). The van der Waals surface area contributed by atoms with Crippen LogP contribution in [0.1, 0.15) is 30.0 Å². The van der Waals surface area contributed by atoms with E-state index in [0.29, 0.717) is 6.54 Å². The Morgan fingerprint density at radius 3 is 2.75 bits per heavy atom. The summed E-state index contributed by atoms with van der Waals surface area (Å²) in [4.78, 5) is 11.9. The fourth-order valence-corrected chi connectivity index (χ4v) is 3.47. The molecular weight excluding hydrogens is 318 g/mol. The number of nitrogens with one attached hydrogen (secondary N) is 2. The molecule has 0 radical (unpaired) electrons. The Morgan fingerprint density at radius 2 is 2.04 bits per heavy atom. The molecule has 1 unspecified atom stereocenters. The number of hydrogen-bond acceptors (Lipinski definition) is 2. The molecule has 1 heterocycles. The molecule has 1 atom stereocenters. The zero-order valence-electron chi connectivity index (χ0n) is 14.5. The fraction of sp³-hybridized carbons (Fsp3) is 0.421. The Balaban J connectivity index is 1.66. The van der Waals surface area contributed by atoms with E-state index in [1.54, 1.807) is 11.3 Å². The summed E-state index contributed by atoms with van der Waals surface area (Å²) in [7, 11) is 2.08. The van der Waals surface area contributed by atoms with Crippen molar-refractivity contribution in [3.8, 4) is 0 Å². The van der Waals surface area contributed by atoms with E-state index in [0.717, 1.165) is 25.8 Å². The third-order valence-corrected chi connectivity index (χ3v) is 4.68. The number of nitrogens with two attached hydrogens (primary N) is 1. The summed E-state index contributed by atoms with van der Waals surface area (Å²) < 4.78 is 0. The molecule has 24 heavy (non-hydrogen) atoms. The topological polar surface area (TPSA) is 57.7 Å². The van der Waals surface area contributed by atoms with Gasteiger partial charge in [0.05, 0.1) is 7.05 Å². The van der Waals surface area contributed by atoms with Crippen molar-refractivity contribution < 1.29 is 10.1 Å². The first-order valence-corrected chi connectivity index (χ1v) is 9.53. The zero-order chi connectivity index (χ0) is 17.2. The van der Waals surface area contributed by atoms with Gasteiger partial charge in [0.2, 0.25) is 0 Å². The molecule has 4 N–H and O–H groups in total. The lowest BCUT2D eigenvalue weighted by molar-refractivity contribution is -0.643. The summed E-state index contributed by atoms with van der Waals surface area (Å²) in [5.41, 5.74) is 4.04. The minimum atomic E-state index is -0.0760. The lowest BCUT2D eigenvalue weighted by Crippen LogP contribution is -2.77. The molecule has 4 nitrogen and oxygen atoms in total. The molecule has 1 aromatic heterocycles. The van der Waals surface area contributed by atoms with Crippen molar-refractivity contribution in [2.24, 2.45) is 0 Å². The van der Waals surface area contributed by atoms with Crippen molar-refractivity contribution in [1.82, 2.24) is 10.6 Å². The van der Waals surface area contributed by atoms with E-state index in [9.17, 15) is 4.79 Å². The van der Waals surface area contributed by atoms with Crippen LogP contribution in [0.5, 0.6) is 0 Å². The summed E-state index contributed by atoms with van der Waals surface area (Å²) in [5, 5.41) is 12.3. The van der Waals surface area contributed by atoms with Crippen LogP contribution >= 0.6 is 11.3 Å². The van der Waals surface area contributed by atoms with Gasteiger partial charge in [-0.1, -0.05) is 24.3 Å². The van der Waals surface area contributed by atoms with E-state index in [4.69, 9.17) is 0 Å². The molecule has 0 fully saturated rings. The van der Waals surface area contributed by atoms with Crippen LogP contribution in [0, 0.1) is 0 Å². The van der Waals surface area contributed by atoms with Crippen LogP contribution < -0.4 is 16.0 Å². The minimum absolute atomic E-state index is 0.0760. The maximum atomic E-state index is 11.9. The van der Waals surface area contributed by atoms with Crippen LogP contribution in [-0.2, 0) is 19.4 Å². The second kappa shape index (κ2) is 10.1. The first-order chi connectivity index (χ1) is 11.7. The maximum absolute atomic E-state index is 11.9. The van der Waals surface area contributed by atoms with Crippen LogP contribution in [0.3, 0.4) is 0 Å². The molecule has 0 saturated heterocycles. The highest BCUT2D eigenvalue weighted by Crippen LogP contribution is 2.10. The molecule has 0 aliphatic heterocycles. The standard InChI is InChI=1S/C19H27N3OS/c1-15(12-16-9-11-24-14-16)22-19(23)21-10-5-8-17-6-3-4-7-18(17)13-20-2/h3-4,6-7,9,11,14-15,20H,5,8,10,12-13H2,1-2H3,(H2,21,22,23)/p+1. The van der Waals surface area contributed by atoms with Gasteiger partial charge in [-0.3, -0.25) is 0 Å². The molecule has 5 heteroatoms. The highest BCUT2D eigenvalue weighted by atomic mass is 32.1. The molecule has 0 bridgehead atoms. The van der Waals surface area contributed by atoms with E-state index in [1.165, 1.54) is 16.7 Å². The lowest BCUT2D eigenvalue weighted by Gasteiger charge is -2.14. The van der Waals surface area contributed by atoms with Crippen LogP contribution in [0.15, 0.2) is 41.1 Å². The summed E-state index contributed by atoms with van der Waals surface area (Å²) in [5.74, 6) is 0. The van der Waals surface area contributed by atoms with Crippen molar-refractivity contribution in [2.45, 2.75) is 38.8 Å². The average Bonchev–Trinajstić information content (AvgIpc) is 3.06. The van der Waals surface area contributed by atoms with Gasteiger partial charge in [-0.2, -0.15) is 11.3 Å². The molecule has 0 spiro atoms. The SMILES string of the molecule is C[NH2+]Cc1ccccc1CCCNC(=O)NC(C)Cc1ccsc1. The van der Waals surface area contributed by atoms with Crippen molar-refractivity contribution in [1.29, 1.82) is 0 Å². The Morgan fingerprint density at radius 1 is 1.25 bits per heavy atom. The van der Waals surface area contributed by atoms with E-state index in [1.807, 2.05) is 6.92 Å². The van der Waals surface area contributed by atoms with Gasteiger partial charge < -0.3 is 16.0 Å². The highest BCUT2D eigenvalue weighted by molar-refractivity contribution is 7.07. The van der Waals surface area contributed by atoms with Gasteiger partial charge in [0.25, 0.3) is 0 Å². The number of benzene rings is 1. The van der Waals surface area contributed by atoms with Crippen molar-refractivity contribution in [2.75, 3.05) is 13.6 Å². The Bertz CT molecular complexity index is 613. The Kier molecular flexibility index (Phi) is 7.79. The number of amides is 2. The minimum Gasteiger partial charge on any atom is -0.345 e. The Hall–Kier alpha value is -1.85. The van der Waals surface area contributed by atoms with Crippen LogP contribution in [0.25, 0.3) is 0 Å². The van der Waals surface area contributed by atoms with Crippen LogP contribution in [-0.4, -0.2) is 25.7 Å². The normalized spacial score (nSPS) is 11.9. The molecule has 2 aromatic rings. The van der Waals surface area contributed by atoms with E-state index in [-0.39, 0.29) is 12.1 Å². The van der Waals surface area contributed by atoms with E-state index in [2.05, 4.69) is 64.1 Å². The molecule has 0 aliphatic rings. The summed E-state index contributed by atoms with van der Waals surface area (Å²) in [6.45, 7) is 3.74. The summed E-state index contributed by atoms with van der Waals surface area (Å²) in [6.07, 6.45) is 2.82. The quantitative estimate of drug-likeness (QED) is 0.600. The number of urea groups is 1. The van der Waals surface area contributed by atoms with E-state index < -0.39 is 0 Å². The summed E-state index contributed by atoms with van der Waals surface area (Å²) in [6, 6.07) is 10.7.